The zero-order valence-corrected chi connectivity index (χ0v) is 12.0. The van der Waals surface area contributed by atoms with Gasteiger partial charge in [-0.1, -0.05) is 28.1 Å². The Kier molecular flexibility index (Phi) is 4.20. The Morgan fingerprint density at radius 1 is 1.11 bits per heavy atom. The first kappa shape index (κ1) is 12.9. The van der Waals surface area contributed by atoms with Crippen LogP contribution in [-0.4, -0.2) is 19.1 Å². The highest BCUT2D eigenvalue weighted by molar-refractivity contribution is 9.10. The molecule has 1 aromatic heterocycles. The van der Waals surface area contributed by atoms with Gasteiger partial charge in [0.15, 0.2) is 0 Å². The van der Waals surface area contributed by atoms with Crippen molar-refractivity contribution < 1.29 is 4.74 Å². The number of anilines is 1. The molecule has 18 heavy (non-hydrogen) atoms. The second-order valence-corrected chi connectivity index (χ2v) is 5.08. The molecule has 0 atom stereocenters. The molecule has 0 fully saturated rings. The van der Waals surface area contributed by atoms with Gasteiger partial charge in [-0.3, -0.25) is 0 Å². The van der Waals surface area contributed by atoms with E-state index in [2.05, 4.69) is 20.9 Å². The third-order valence-corrected chi connectivity index (χ3v) is 3.03. The fourth-order valence-corrected chi connectivity index (χ4v) is 1.73. The first-order chi connectivity index (χ1) is 8.65. The summed E-state index contributed by atoms with van der Waals surface area (Å²) in [6.07, 6.45) is 1.74. The average molecular weight is 307 g/mol. The van der Waals surface area contributed by atoms with E-state index >= 15 is 0 Å². The lowest BCUT2D eigenvalue weighted by Crippen LogP contribution is -2.10. The average Bonchev–Trinajstić information content (AvgIpc) is 2.38. The normalized spacial score (nSPS) is 10.2. The monoisotopic (exact) mass is 306 g/mol. The van der Waals surface area contributed by atoms with Gasteiger partial charge in [0, 0.05) is 18.6 Å². The van der Waals surface area contributed by atoms with E-state index in [-0.39, 0.29) is 0 Å². The SMILES string of the molecule is CN(C)c1ccc(OCc2ccc(Br)cc2)cn1. The summed E-state index contributed by atoms with van der Waals surface area (Å²) in [5.74, 6) is 1.70. The molecule has 0 N–H and O–H groups in total. The molecule has 0 unspecified atom stereocenters. The van der Waals surface area contributed by atoms with Gasteiger partial charge in [-0.2, -0.15) is 0 Å². The van der Waals surface area contributed by atoms with Crippen LogP contribution in [0, 0.1) is 0 Å². The number of halogens is 1. The van der Waals surface area contributed by atoms with Crippen molar-refractivity contribution in [3.8, 4) is 5.75 Å². The Bertz CT molecular complexity index is 494. The zero-order chi connectivity index (χ0) is 13.0. The van der Waals surface area contributed by atoms with Gasteiger partial charge < -0.3 is 9.64 Å². The van der Waals surface area contributed by atoms with E-state index in [1.54, 1.807) is 6.20 Å². The molecule has 0 spiro atoms. The van der Waals surface area contributed by atoms with Crippen molar-refractivity contribution in [3.63, 3.8) is 0 Å². The Morgan fingerprint density at radius 3 is 2.39 bits per heavy atom. The lowest BCUT2D eigenvalue weighted by atomic mass is 10.2. The summed E-state index contributed by atoms with van der Waals surface area (Å²) >= 11 is 3.41. The fourth-order valence-electron chi connectivity index (χ4n) is 1.47. The number of rotatable bonds is 4. The maximum absolute atomic E-state index is 5.67. The van der Waals surface area contributed by atoms with Crippen LogP contribution in [0.2, 0.25) is 0 Å². The summed E-state index contributed by atoms with van der Waals surface area (Å²) in [5.41, 5.74) is 1.13. The number of aromatic nitrogens is 1. The second-order valence-electron chi connectivity index (χ2n) is 4.16. The lowest BCUT2D eigenvalue weighted by molar-refractivity contribution is 0.305. The molecule has 3 nitrogen and oxygen atoms in total. The van der Waals surface area contributed by atoms with E-state index in [9.17, 15) is 0 Å². The molecule has 0 saturated heterocycles. The smallest absolute Gasteiger partial charge is 0.138 e. The van der Waals surface area contributed by atoms with Crippen molar-refractivity contribution in [2.75, 3.05) is 19.0 Å². The molecule has 0 saturated carbocycles. The molecule has 0 aliphatic rings. The molecule has 0 bridgehead atoms. The molecule has 0 aliphatic carbocycles. The fraction of sp³-hybridized carbons (Fsp3) is 0.214. The Hall–Kier alpha value is -1.55. The molecule has 2 rings (SSSR count). The van der Waals surface area contributed by atoms with Gasteiger partial charge in [-0.05, 0) is 29.8 Å². The van der Waals surface area contributed by atoms with E-state index in [1.807, 2.05) is 55.4 Å². The number of benzene rings is 1. The third-order valence-electron chi connectivity index (χ3n) is 2.50. The largest absolute Gasteiger partial charge is 0.487 e. The molecular weight excluding hydrogens is 292 g/mol. The molecule has 94 valence electrons. The van der Waals surface area contributed by atoms with Crippen LogP contribution in [0.1, 0.15) is 5.56 Å². The van der Waals surface area contributed by atoms with Crippen LogP contribution in [0.25, 0.3) is 0 Å². The minimum Gasteiger partial charge on any atom is -0.487 e. The van der Waals surface area contributed by atoms with Crippen LogP contribution in [0.3, 0.4) is 0 Å². The number of pyridine rings is 1. The van der Waals surface area contributed by atoms with Crippen molar-refractivity contribution >= 4 is 21.7 Å². The van der Waals surface area contributed by atoms with Gasteiger partial charge in [0.2, 0.25) is 0 Å². The van der Waals surface area contributed by atoms with Gasteiger partial charge in [0.05, 0.1) is 6.20 Å². The van der Waals surface area contributed by atoms with Crippen molar-refractivity contribution in [2.24, 2.45) is 0 Å². The van der Waals surface area contributed by atoms with Gasteiger partial charge in [0.1, 0.15) is 18.2 Å². The van der Waals surface area contributed by atoms with E-state index in [0.717, 1.165) is 21.6 Å². The summed E-state index contributed by atoms with van der Waals surface area (Å²) < 4.78 is 6.74. The van der Waals surface area contributed by atoms with Crippen molar-refractivity contribution in [1.29, 1.82) is 0 Å². The first-order valence-corrected chi connectivity index (χ1v) is 6.45. The number of nitrogens with zero attached hydrogens (tertiary/aromatic N) is 2. The van der Waals surface area contributed by atoms with Gasteiger partial charge >= 0.3 is 0 Å². The van der Waals surface area contributed by atoms with Gasteiger partial charge in [0.25, 0.3) is 0 Å². The molecule has 0 amide bonds. The highest BCUT2D eigenvalue weighted by Crippen LogP contribution is 2.16. The summed E-state index contributed by atoms with van der Waals surface area (Å²) in [5, 5.41) is 0. The highest BCUT2D eigenvalue weighted by atomic mass is 79.9. The topological polar surface area (TPSA) is 25.4 Å². The summed E-state index contributed by atoms with van der Waals surface area (Å²) in [7, 11) is 3.93. The van der Waals surface area contributed by atoms with Crippen LogP contribution >= 0.6 is 15.9 Å². The van der Waals surface area contributed by atoms with Crippen molar-refractivity contribution in [3.05, 3.63) is 52.6 Å². The maximum Gasteiger partial charge on any atom is 0.138 e. The van der Waals surface area contributed by atoms with Crippen LogP contribution in [0.15, 0.2) is 47.1 Å². The third kappa shape index (κ3) is 3.47. The van der Waals surface area contributed by atoms with Crippen molar-refractivity contribution in [1.82, 2.24) is 4.98 Å². The minimum absolute atomic E-state index is 0.552. The molecule has 1 heterocycles. The maximum atomic E-state index is 5.67. The summed E-state index contributed by atoms with van der Waals surface area (Å²) in [6.45, 7) is 0.552. The van der Waals surface area contributed by atoms with E-state index in [4.69, 9.17) is 4.74 Å². The molecular formula is C14H15BrN2O. The highest BCUT2D eigenvalue weighted by Gasteiger charge is 1.99. The van der Waals surface area contributed by atoms with Crippen LogP contribution in [0.5, 0.6) is 5.75 Å². The second kappa shape index (κ2) is 5.87. The van der Waals surface area contributed by atoms with Crippen LogP contribution < -0.4 is 9.64 Å². The van der Waals surface area contributed by atoms with Gasteiger partial charge in [-0.25, -0.2) is 4.98 Å². The van der Waals surface area contributed by atoms with Gasteiger partial charge in [-0.15, -0.1) is 0 Å². The summed E-state index contributed by atoms with van der Waals surface area (Å²) in [4.78, 5) is 6.25. The molecule has 1 aromatic carbocycles. The molecule has 0 radical (unpaired) electrons. The minimum atomic E-state index is 0.552. The summed E-state index contributed by atoms with van der Waals surface area (Å²) in [6, 6.07) is 12.0. The quantitative estimate of drug-likeness (QED) is 0.864. The van der Waals surface area contributed by atoms with Crippen LogP contribution in [0.4, 0.5) is 5.82 Å². The number of ether oxygens (including phenoxy) is 1. The number of hydrogen-bond acceptors (Lipinski definition) is 3. The zero-order valence-electron chi connectivity index (χ0n) is 10.4. The van der Waals surface area contributed by atoms with E-state index in [0.29, 0.717) is 6.61 Å². The Balaban J connectivity index is 1.95. The first-order valence-electron chi connectivity index (χ1n) is 5.66. The van der Waals surface area contributed by atoms with Crippen LogP contribution in [-0.2, 0) is 6.61 Å². The predicted molar refractivity (Wildman–Crippen MR) is 77.0 cm³/mol. The Morgan fingerprint density at radius 2 is 1.83 bits per heavy atom. The molecule has 4 heteroatoms. The number of hydrogen-bond donors (Lipinski definition) is 0. The molecule has 2 aromatic rings. The lowest BCUT2D eigenvalue weighted by Gasteiger charge is -2.11. The predicted octanol–water partition coefficient (Wildman–Crippen LogP) is 3.49. The van der Waals surface area contributed by atoms with E-state index < -0.39 is 0 Å². The Labute approximate surface area is 116 Å². The van der Waals surface area contributed by atoms with E-state index in [1.165, 1.54) is 0 Å². The standard InChI is InChI=1S/C14H15BrN2O/c1-17(2)14-8-7-13(9-16-14)18-10-11-3-5-12(15)6-4-11/h3-9H,10H2,1-2H3. The molecule has 0 aliphatic heterocycles. The van der Waals surface area contributed by atoms with Crippen molar-refractivity contribution in [2.45, 2.75) is 6.61 Å².